The molecule has 0 bridgehead atoms. The van der Waals surface area contributed by atoms with Gasteiger partial charge >= 0.3 is 12.0 Å². The van der Waals surface area contributed by atoms with Crippen molar-refractivity contribution in [2.45, 2.75) is 118 Å². The van der Waals surface area contributed by atoms with Crippen LogP contribution in [-0.2, 0) is 0 Å². The normalized spacial score (nSPS) is 44.6. The van der Waals surface area contributed by atoms with Gasteiger partial charge in [-0.25, -0.2) is 9.59 Å². The number of nitrogens with one attached hydrogen (secondary N) is 2. The van der Waals surface area contributed by atoms with Crippen molar-refractivity contribution >= 4 is 17.6 Å². The van der Waals surface area contributed by atoms with Gasteiger partial charge in [-0.3, -0.25) is 0 Å². The summed E-state index contributed by atoms with van der Waals surface area (Å²) in [5, 5.41) is 16.0. The molecule has 7 rings (SSSR count). The minimum Gasteiger partial charge on any atom is -0.478 e. The standard InChI is InChI=1S/C39H56N2O3/c1-34(2)26(24-8-10-25(11-9-24)32(42)43)14-17-36(4)29(34)16-18-38(6)30(36)13-12-28-31-27(35(3)20-21-35)15-19-39(31,41-33(44)40-7)23-22-37(28,38)5/h8-11,14,27-31H,12-13,15-23H2,1-7H3,(H,42,43)(H2,40,41,44)/t27-,28-,29+,30-,31-,36+,37-,38-,39+/m1/s1. The van der Waals surface area contributed by atoms with Crippen LogP contribution in [0, 0.1) is 56.7 Å². The fraction of sp³-hybridized carbons (Fsp3) is 0.744. The summed E-state index contributed by atoms with van der Waals surface area (Å²) in [6.07, 6.45) is 16.2. The number of rotatable bonds is 4. The monoisotopic (exact) mass is 600 g/mol. The van der Waals surface area contributed by atoms with Crippen molar-refractivity contribution in [1.29, 1.82) is 0 Å². The van der Waals surface area contributed by atoms with Gasteiger partial charge in [-0.2, -0.15) is 0 Å². The summed E-state index contributed by atoms with van der Waals surface area (Å²) in [5.74, 6) is 2.37. The maximum atomic E-state index is 12.9. The van der Waals surface area contributed by atoms with E-state index in [1.165, 1.54) is 62.5 Å². The van der Waals surface area contributed by atoms with Crippen molar-refractivity contribution in [1.82, 2.24) is 10.6 Å². The third-order valence-corrected chi connectivity index (χ3v) is 16.0. The van der Waals surface area contributed by atoms with E-state index in [0.717, 1.165) is 25.2 Å². The highest BCUT2D eigenvalue weighted by Gasteiger charge is 2.72. The van der Waals surface area contributed by atoms with E-state index in [4.69, 9.17) is 0 Å². The molecular formula is C39H56N2O3. The maximum Gasteiger partial charge on any atom is 0.335 e. The van der Waals surface area contributed by atoms with Crippen molar-refractivity contribution in [2.75, 3.05) is 7.05 Å². The Kier molecular flexibility index (Phi) is 6.63. The molecule has 240 valence electrons. The topological polar surface area (TPSA) is 78.4 Å². The van der Waals surface area contributed by atoms with Gasteiger partial charge in [0.25, 0.3) is 0 Å². The molecule has 6 aliphatic carbocycles. The van der Waals surface area contributed by atoms with Gasteiger partial charge in [0.1, 0.15) is 0 Å². The van der Waals surface area contributed by atoms with Gasteiger partial charge < -0.3 is 15.7 Å². The third kappa shape index (κ3) is 3.95. The summed E-state index contributed by atoms with van der Waals surface area (Å²) < 4.78 is 0. The summed E-state index contributed by atoms with van der Waals surface area (Å²) in [7, 11) is 1.77. The molecule has 0 unspecified atom stereocenters. The van der Waals surface area contributed by atoms with E-state index >= 15 is 0 Å². The number of hydrogen-bond acceptors (Lipinski definition) is 2. The second-order valence-electron chi connectivity index (χ2n) is 17.8. The summed E-state index contributed by atoms with van der Waals surface area (Å²) in [5.41, 5.74) is 4.16. The predicted octanol–water partition coefficient (Wildman–Crippen LogP) is 8.94. The van der Waals surface area contributed by atoms with Crippen molar-refractivity contribution in [2.24, 2.45) is 56.7 Å². The molecule has 6 aliphatic rings. The number of aromatic carboxylic acids is 1. The lowest BCUT2D eigenvalue weighted by atomic mass is 9.32. The number of fused-ring (bicyclic) bond motifs is 7. The summed E-state index contributed by atoms with van der Waals surface area (Å²) in [4.78, 5) is 24.4. The molecule has 5 heteroatoms. The SMILES string of the molecule is CNC(=O)N[C@]12CC[C@@H](C3(C)CC3)[C@@H]1[C@H]1CC[C@@H]3[C@@]4(C)CC=C(c5ccc(C(=O)O)cc5)C(C)(C)[C@@H]4CC[C@@]3(C)[C@]1(C)CC2. The molecule has 5 fully saturated rings. The van der Waals surface area contributed by atoms with Crippen LogP contribution < -0.4 is 10.6 Å². The van der Waals surface area contributed by atoms with E-state index in [2.05, 4.69) is 58.3 Å². The lowest BCUT2D eigenvalue weighted by Crippen LogP contribution is -2.68. The number of amides is 2. The molecule has 5 nitrogen and oxygen atoms in total. The summed E-state index contributed by atoms with van der Waals surface area (Å²) >= 11 is 0. The van der Waals surface area contributed by atoms with Crippen LogP contribution in [0.2, 0.25) is 0 Å². The van der Waals surface area contributed by atoms with E-state index in [1.807, 2.05) is 12.1 Å². The second-order valence-corrected chi connectivity index (χ2v) is 17.8. The molecule has 0 aromatic heterocycles. The van der Waals surface area contributed by atoms with Gasteiger partial charge in [0.05, 0.1) is 5.56 Å². The maximum absolute atomic E-state index is 12.9. The van der Waals surface area contributed by atoms with Gasteiger partial charge in [-0.15, -0.1) is 0 Å². The first-order chi connectivity index (χ1) is 20.7. The number of benzene rings is 1. The summed E-state index contributed by atoms with van der Waals surface area (Å²) in [6, 6.07) is 7.60. The summed E-state index contributed by atoms with van der Waals surface area (Å²) in [6.45, 7) is 15.5. The molecule has 1 aromatic carbocycles. The average Bonchev–Trinajstić information content (AvgIpc) is 3.60. The van der Waals surface area contributed by atoms with Gasteiger partial charge in [0, 0.05) is 12.6 Å². The van der Waals surface area contributed by atoms with E-state index in [9.17, 15) is 14.7 Å². The Labute approximate surface area is 265 Å². The van der Waals surface area contributed by atoms with E-state index in [0.29, 0.717) is 34.7 Å². The highest BCUT2D eigenvalue weighted by molar-refractivity contribution is 5.88. The van der Waals surface area contributed by atoms with E-state index in [-0.39, 0.29) is 33.2 Å². The van der Waals surface area contributed by atoms with Crippen molar-refractivity contribution in [3.8, 4) is 0 Å². The first-order valence-corrected chi connectivity index (χ1v) is 17.7. The first-order valence-electron chi connectivity index (χ1n) is 17.7. The Morgan fingerprint density at radius 1 is 0.773 bits per heavy atom. The zero-order valence-corrected chi connectivity index (χ0v) is 28.3. The number of hydrogen-bond donors (Lipinski definition) is 3. The van der Waals surface area contributed by atoms with Gasteiger partial charge in [0.15, 0.2) is 0 Å². The van der Waals surface area contributed by atoms with Crippen LogP contribution in [0.1, 0.15) is 128 Å². The minimum absolute atomic E-state index is 0.0118. The molecule has 1 aromatic rings. The Morgan fingerprint density at radius 3 is 2.11 bits per heavy atom. The second kappa shape index (κ2) is 9.61. The molecule has 0 aliphatic heterocycles. The number of urea groups is 1. The van der Waals surface area contributed by atoms with Crippen LogP contribution in [0.25, 0.3) is 5.57 Å². The Morgan fingerprint density at radius 2 is 1.48 bits per heavy atom. The van der Waals surface area contributed by atoms with Crippen molar-refractivity contribution < 1.29 is 14.7 Å². The van der Waals surface area contributed by atoms with Crippen LogP contribution in [-0.4, -0.2) is 29.7 Å². The van der Waals surface area contributed by atoms with Gasteiger partial charge in [-0.1, -0.05) is 59.8 Å². The molecule has 0 saturated heterocycles. The molecular weight excluding hydrogens is 544 g/mol. The predicted molar refractivity (Wildman–Crippen MR) is 176 cm³/mol. The van der Waals surface area contributed by atoms with Gasteiger partial charge in [0.2, 0.25) is 0 Å². The van der Waals surface area contributed by atoms with E-state index < -0.39 is 5.97 Å². The number of allylic oxidation sites excluding steroid dienone is 2. The highest BCUT2D eigenvalue weighted by Crippen LogP contribution is 2.78. The molecule has 0 radical (unpaired) electrons. The van der Waals surface area contributed by atoms with Crippen LogP contribution in [0.3, 0.4) is 0 Å². The van der Waals surface area contributed by atoms with Gasteiger partial charge in [-0.05, 0) is 151 Å². The zero-order chi connectivity index (χ0) is 31.5. The Hall–Kier alpha value is -2.30. The van der Waals surface area contributed by atoms with Crippen molar-refractivity contribution in [3.05, 3.63) is 41.5 Å². The molecule has 2 amide bonds. The fourth-order valence-corrected chi connectivity index (χ4v) is 13.3. The molecule has 44 heavy (non-hydrogen) atoms. The lowest BCUT2D eigenvalue weighted by Gasteiger charge is -2.72. The third-order valence-electron chi connectivity index (χ3n) is 16.0. The molecule has 3 N–H and O–H groups in total. The van der Waals surface area contributed by atoms with E-state index in [1.54, 1.807) is 19.2 Å². The fourth-order valence-electron chi connectivity index (χ4n) is 13.3. The number of carboxylic acid groups (broad SMARTS) is 1. The highest BCUT2D eigenvalue weighted by atomic mass is 16.4. The molecule has 5 saturated carbocycles. The largest absolute Gasteiger partial charge is 0.478 e. The lowest BCUT2D eigenvalue weighted by molar-refractivity contribution is -0.221. The number of carbonyl (C=O) groups is 2. The Bertz CT molecular complexity index is 1390. The first kappa shape index (κ1) is 30.4. The molecule has 0 spiro atoms. The van der Waals surface area contributed by atoms with Crippen molar-refractivity contribution in [3.63, 3.8) is 0 Å². The zero-order valence-electron chi connectivity index (χ0n) is 28.3. The number of carbonyl (C=O) groups excluding carboxylic acids is 1. The Balaban J connectivity index is 1.23. The number of carboxylic acids is 1. The van der Waals surface area contributed by atoms with Crippen LogP contribution in [0.5, 0.6) is 0 Å². The smallest absolute Gasteiger partial charge is 0.335 e. The molecule has 0 heterocycles. The van der Waals surface area contributed by atoms with Crippen LogP contribution in [0.4, 0.5) is 4.79 Å². The average molecular weight is 601 g/mol. The minimum atomic E-state index is -0.865. The van der Waals surface area contributed by atoms with Crippen LogP contribution >= 0.6 is 0 Å². The van der Waals surface area contributed by atoms with Crippen LogP contribution in [0.15, 0.2) is 30.3 Å². The quantitative estimate of drug-likeness (QED) is 0.323. The molecule has 9 atom stereocenters.